The largest absolute Gasteiger partial charge is 0.399 e. The molecule has 1 aromatic rings. The maximum atomic E-state index is 12.3. The van der Waals surface area contributed by atoms with Gasteiger partial charge in [0, 0.05) is 37.7 Å². The van der Waals surface area contributed by atoms with Gasteiger partial charge in [0.15, 0.2) is 0 Å². The molecule has 6 nitrogen and oxygen atoms in total. The lowest BCUT2D eigenvalue weighted by molar-refractivity contribution is 0.0957. The molecule has 1 aromatic carbocycles. The van der Waals surface area contributed by atoms with Crippen molar-refractivity contribution in [1.82, 2.24) is 4.90 Å². The highest BCUT2D eigenvalue weighted by Gasteiger charge is 2.13. The fourth-order valence-corrected chi connectivity index (χ4v) is 1.72. The highest BCUT2D eigenvalue weighted by atomic mass is 16.5. The number of hydrogen-bond donors (Lipinski definition) is 2. The molecule has 0 fully saturated rings. The van der Waals surface area contributed by atoms with Crippen molar-refractivity contribution in [2.24, 2.45) is 0 Å². The van der Waals surface area contributed by atoms with Gasteiger partial charge in [0.1, 0.15) is 0 Å². The molecule has 0 aliphatic heterocycles. The van der Waals surface area contributed by atoms with Gasteiger partial charge in [0.2, 0.25) is 0 Å². The fraction of sp³-hybridized carbons (Fsp3) is 0.533. The number of nitrogens with one attached hydrogen (secondary N) is 1. The Morgan fingerprint density at radius 1 is 1.10 bits per heavy atom. The Morgan fingerprint density at radius 2 is 1.62 bits per heavy atom. The highest BCUT2D eigenvalue weighted by Crippen LogP contribution is 2.11. The molecule has 3 N–H and O–H groups in total. The fourth-order valence-electron chi connectivity index (χ4n) is 1.72. The quantitative estimate of drug-likeness (QED) is 0.541. The van der Waals surface area contributed by atoms with E-state index in [0.717, 1.165) is 0 Å². The molecule has 6 heteroatoms. The van der Waals surface area contributed by atoms with E-state index in [1.807, 2.05) is 13.8 Å². The number of nitrogens with zero attached hydrogens (tertiary/aromatic N) is 1. The Balaban J connectivity index is 2.53. The number of anilines is 2. The number of amides is 2. The van der Waals surface area contributed by atoms with Crippen LogP contribution in [-0.4, -0.2) is 50.4 Å². The van der Waals surface area contributed by atoms with E-state index in [1.54, 1.807) is 29.2 Å². The monoisotopic (exact) mass is 295 g/mol. The third-order valence-corrected chi connectivity index (χ3v) is 2.87. The summed E-state index contributed by atoms with van der Waals surface area (Å²) in [5.41, 5.74) is 7.00. The summed E-state index contributed by atoms with van der Waals surface area (Å²) < 4.78 is 10.6. The van der Waals surface area contributed by atoms with Crippen molar-refractivity contribution in [3.05, 3.63) is 24.3 Å². The number of nitrogen functional groups attached to an aromatic ring is 1. The second-order valence-corrected chi connectivity index (χ2v) is 4.43. The van der Waals surface area contributed by atoms with Crippen molar-refractivity contribution in [3.8, 4) is 0 Å². The molecule has 0 atom stereocenters. The smallest absolute Gasteiger partial charge is 0.321 e. The number of carbonyl (C=O) groups excluding carboxylic acids is 1. The molecule has 0 unspecified atom stereocenters. The topological polar surface area (TPSA) is 76.8 Å². The Kier molecular flexibility index (Phi) is 8.23. The van der Waals surface area contributed by atoms with Crippen LogP contribution >= 0.6 is 0 Å². The van der Waals surface area contributed by atoms with Crippen LogP contribution < -0.4 is 11.1 Å². The van der Waals surface area contributed by atoms with Crippen LogP contribution in [0.15, 0.2) is 24.3 Å². The molecule has 0 heterocycles. The standard InChI is InChI=1S/C15H25N3O3/c1-3-20-11-9-18(10-12-21-4-2)15(19)17-14-7-5-13(16)6-8-14/h5-8H,3-4,9-12,16H2,1-2H3,(H,17,19). The van der Waals surface area contributed by atoms with Gasteiger partial charge < -0.3 is 25.4 Å². The zero-order valence-electron chi connectivity index (χ0n) is 12.8. The van der Waals surface area contributed by atoms with Gasteiger partial charge >= 0.3 is 6.03 Å². The predicted octanol–water partition coefficient (Wildman–Crippen LogP) is 2.18. The average Bonchev–Trinajstić information content (AvgIpc) is 2.48. The highest BCUT2D eigenvalue weighted by molar-refractivity contribution is 5.89. The minimum Gasteiger partial charge on any atom is -0.399 e. The van der Waals surface area contributed by atoms with Crippen LogP contribution in [0.25, 0.3) is 0 Å². The van der Waals surface area contributed by atoms with E-state index in [1.165, 1.54) is 0 Å². The van der Waals surface area contributed by atoms with Crippen molar-refractivity contribution in [3.63, 3.8) is 0 Å². The van der Waals surface area contributed by atoms with Gasteiger partial charge in [-0.2, -0.15) is 0 Å². The van der Waals surface area contributed by atoms with Crippen molar-refractivity contribution >= 4 is 17.4 Å². The summed E-state index contributed by atoms with van der Waals surface area (Å²) in [4.78, 5) is 13.9. The molecule has 0 bridgehead atoms. The summed E-state index contributed by atoms with van der Waals surface area (Å²) in [5, 5.41) is 2.84. The Labute approximate surface area is 126 Å². The molecular weight excluding hydrogens is 270 g/mol. The predicted molar refractivity (Wildman–Crippen MR) is 84.4 cm³/mol. The summed E-state index contributed by atoms with van der Waals surface area (Å²) in [6.07, 6.45) is 0. The van der Waals surface area contributed by atoms with Gasteiger partial charge in [-0.1, -0.05) is 0 Å². The first-order valence-corrected chi connectivity index (χ1v) is 7.24. The van der Waals surface area contributed by atoms with Crippen LogP contribution in [0.2, 0.25) is 0 Å². The van der Waals surface area contributed by atoms with E-state index in [9.17, 15) is 4.79 Å². The minimum absolute atomic E-state index is 0.167. The van der Waals surface area contributed by atoms with Crippen molar-refractivity contribution in [2.45, 2.75) is 13.8 Å². The Hall–Kier alpha value is -1.79. The molecule has 1 rings (SSSR count). The third-order valence-electron chi connectivity index (χ3n) is 2.87. The first kappa shape index (κ1) is 17.3. The first-order chi connectivity index (χ1) is 10.2. The summed E-state index contributed by atoms with van der Waals surface area (Å²) in [6, 6.07) is 6.88. The molecule has 0 saturated heterocycles. The second kappa shape index (κ2) is 10.0. The number of urea groups is 1. The number of carbonyl (C=O) groups is 1. The molecule has 0 saturated carbocycles. The molecular formula is C15H25N3O3. The number of rotatable bonds is 9. The molecule has 0 radical (unpaired) electrons. The van der Waals surface area contributed by atoms with Crippen molar-refractivity contribution < 1.29 is 14.3 Å². The third kappa shape index (κ3) is 6.97. The first-order valence-electron chi connectivity index (χ1n) is 7.24. The molecule has 0 aliphatic rings. The second-order valence-electron chi connectivity index (χ2n) is 4.43. The van der Waals surface area contributed by atoms with E-state index in [2.05, 4.69) is 5.32 Å². The van der Waals surface area contributed by atoms with Crippen LogP contribution in [0.4, 0.5) is 16.2 Å². The van der Waals surface area contributed by atoms with Crippen LogP contribution in [0.3, 0.4) is 0 Å². The molecule has 118 valence electrons. The van der Waals surface area contributed by atoms with E-state index < -0.39 is 0 Å². The molecule has 0 aromatic heterocycles. The van der Waals surface area contributed by atoms with E-state index in [0.29, 0.717) is 50.9 Å². The van der Waals surface area contributed by atoms with Gasteiger partial charge in [0.05, 0.1) is 13.2 Å². The number of ether oxygens (including phenoxy) is 2. The Bertz CT molecular complexity index is 399. The van der Waals surface area contributed by atoms with E-state index in [4.69, 9.17) is 15.2 Å². The van der Waals surface area contributed by atoms with Crippen LogP contribution in [0.5, 0.6) is 0 Å². The normalized spacial score (nSPS) is 10.4. The van der Waals surface area contributed by atoms with Crippen molar-refractivity contribution in [1.29, 1.82) is 0 Å². The van der Waals surface area contributed by atoms with Crippen LogP contribution in [0.1, 0.15) is 13.8 Å². The van der Waals surface area contributed by atoms with E-state index in [-0.39, 0.29) is 6.03 Å². The lowest BCUT2D eigenvalue weighted by atomic mass is 10.3. The van der Waals surface area contributed by atoms with Gasteiger partial charge in [-0.3, -0.25) is 0 Å². The van der Waals surface area contributed by atoms with Gasteiger partial charge in [0.25, 0.3) is 0 Å². The maximum Gasteiger partial charge on any atom is 0.321 e. The summed E-state index contributed by atoms with van der Waals surface area (Å²) in [6.45, 7) is 7.22. The molecule has 0 aliphatic carbocycles. The maximum absolute atomic E-state index is 12.3. The molecule has 0 spiro atoms. The zero-order valence-corrected chi connectivity index (χ0v) is 12.8. The average molecular weight is 295 g/mol. The SMILES string of the molecule is CCOCCN(CCOCC)C(=O)Nc1ccc(N)cc1. The molecule has 21 heavy (non-hydrogen) atoms. The lowest BCUT2D eigenvalue weighted by Crippen LogP contribution is -2.39. The minimum atomic E-state index is -0.167. The summed E-state index contributed by atoms with van der Waals surface area (Å²) >= 11 is 0. The van der Waals surface area contributed by atoms with Gasteiger partial charge in [-0.05, 0) is 38.1 Å². The number of nitrogens with two attached hydrogens (primary N) is 1. The van der Waals surface area contributed by atoms with Crippen molar-refractivity contribution in [2.75, 3.05) is 50.6 Å². The summed E-state index contributed by atoms with van der Waals surface area (Å²) in [5.74, 6) is 0. The van der Waals surface area contributed by atoms with Gasteiger partial charge in [-0.25, -0.2) is 4.79 Å². The Morgan fingerprint density at radius 3 is 2.10 bits per heavy atom. The zero-order chi connectivity index (χ0) is 15.5. The number of hydrogen-bond acceptors (Lipinski definition) is 4. The van der Waals surface area contributed by atoms with Crippen LogP contribution in [-0.2, 0) is 9.47 Å². The molecule has 2 amide bonds. The summed E-state index contributed by atoms with van der Waals surface area (Å²) in [7, 11) is 0. The van der Waals surface area contributed by atoms with Crippen LogP contribution in [0, 0.1) is 0 Å². The lowest BCUT2D eigenvalue weighted by Gasteiger charge is -2.23. The van der Waals surface area contributed by atoms with E-state index >= 15 is 0 Å². The number of benzene rings is 1. The van der Waals surface area contributed by atoms with Gasteiger partial charge in [-0.15, -0.1) is 0 Å².